The molecule has 0 bridgehead atoms. The van der Waals surface area contributed by atoms with E-state index in [-0.39, 0.29) is 78.2 Å². The Morgan fingerprint density at radius 2 is 0.400 bits per heavy atom. The highest BCUT2D eigenvalue weighted by Crippen LogP contribution is 1.69. The molecule has 0 unspecified atom stereocenters. The van der Waals surface area contributed by atoms with E-state index in [9.17, 15) is 22.4 Å². The van der Waals surface area contributed by atoms with Crippen LogP contribution in [-0.2, 0) is 88.0 Å². The van der Waals surface area contributed by atoms with Crippen molar-refractivity contribution in [3.05, 3.63) is 0 Å². The molecule has 0 rings (SSSR count). The zero-order chi connectivity index (χ0) is 21.4. The van der Waals surface area contributed by atoms with Crippen LogP contribution in [0.4, 0.5) is 22.4 Å². The van der Waals surface area contributed by atoms with E-state index in [1.54, 1.807) is 0 Å². The molecule has 25 heteroatoms. The number of nitrogens with zero attached hydrogens (tertiary/aromatic N) is 5. The molecule has 0 aromatic heterocycles. The molecule has 5 amide bonds. The van der Waals surface area contributed by atoms with E-state index in [2.05, 4.69) is 64.1 Å². The molecule has 0 atom stereocenters. The summed E-state index contributed by atoms with van der Waals surface area (Å²) in [6.45, 7) is 0. The first-order valence-electron chi connectivity index (χ1n) is 4.43. The molecule has 0 spiro atoms. The van der Waals surface area contributed by atoms with Crippen molar-refractivity contribution in [3.8, 4) is 0 Å². The van der Waals surface area contributed by atoms with Gasteiger partial charge in [-0.1, -0.05) is 0 Å². The van der Waals surface area contributed by atoms with E-state index in [4.69, 9.17) is 24.0 Å². The Hall–Kier alpha value is -1.60. The zero-order valence-electron chi connectivity index (χ0n) is 13.4. The predicted octanol–water partition coefficient (Wildman–Crippen LogP) is -18.7. The summed E-state index contributed by atoms with van der Waals surface area (Å²) in [6.07, 6.45) is -0.0154. The highest BCUT2D eigenvalue weighted by molar-refractivity contribution is 7.57. The highest BCUT2D eigenvalue weighted by Gasteiger charge is 1.87. The van der Waals surface area contributed by atoms with Gasteiger partial charge in [-0.3, -0.25) is 24.0 Å². The zero-order valence-corrected chi connectivity index (χ0v) is 18.4. The first-order chi connectivity index (χ1) is 11.4. The van der Waals surface area contributed by atoms with Crippen molar-refractivity contribution in [2.24, 2.45) is 0 Å². The topological polar surface area (TPSA) is 102 Å². The lowest BCUT2D eigenvalue weighted by atomic mass is 11.5. The van der Waals surface area contributed by atoms with Crippen molar-refractivity contribution in [3.63, 3.8) is 0 Å². The van der Waals surface area contributed by atoms with Crippen LogP contribution in [0.1, 0.15) is 0 Å². The van der Waals surface area contributed by atoms with E-state index < -0.39 is 0 Å². The van der Waals surface area contributed by atoms with Crippen LogP contribution < -0.4 is 23.5 Å². The lowest BCUT2D eigenvalue weighted by molar-refractivity contribution is -0.121. The van der Waals surface area contributed by atoms with Gasteiger partial charge in [-0.25, -0.2) is 0 Å². The van der Waals surface area contributed by atoms with Crippen LogP contribution in [0.2, 0.25) is 0 Å². The van der Waals surface area contributed by atoms with Crippen molar-refractivity contribution in [2.45, 2.75) is 0 Å². The van der Waals surface area contributed by atoms with Crippen LogP contribution in [0.25, 0.3) is 0 Å². The van der Waals surface area contributed by atoms with E-state index in [1.807, 2.05) is 0 Å². The number of hydrogen-bond acceptors (Lipinski definition) is 5. The molecule has 0 aliphatic heterocycles. The van der Waals surface area contributed by atoms with Crippen LogP contribution in [-0.4, -0.2) is 54.7 Å². The maximum atomic E-state index is 10.8. The molecule has 10 nitrogen and oxygen atoms in total. The summed E-state index contributed by atoms with van der Waals surface area (Å²) in [5, 5.41) is 0. The third kappa shape index (κ3) is 241. The summed E-state index contributed by atoms with van der Waals surface area (Å²) < 4.78 is 52.8. The minimum atomic E-state index is -0.250. The van der Waals surface area contributed by atoms with Crippen LogP contribution in [0.15, 0.2) is 0 Å². The van der Waals surface area contributed by atoms with Crippen molar-refractivity contribution in [2.75, 3.05) is 0 Å². The normalized spacial score (nSPS) is 5.67. The second-order valence-electron chi connectivity index (χ2n) is 2.08. The minimum Gasteiger partial charge on any atom is -1.00 e. The fourth-order valence-electron chi connectivity index (χ4n) is 0. The third-order valence-electron chi connectivity index (χ3n) is 0.463. The van der Waals surface area contributed by atoms with Gasteiger partial charge in [0, 0.05) is 22.6 Å². The van der Waals surface area contributed by atoms with Crippen molar-refractivity contribution < 1.29 is 69.9 Å². The van der Waals surface area contributed by atoms with E-state index in [0.717, 1.165) is 0 Å². The summed E-state index contributed by atoms with van der Waals surface area (Å²) in [5.74, 6) is 0. The van der Waals surface area contributed by atoms with Crippen molar-refractivity contribution >= 4 is 96.1 Å². The molecular weight excluding hydrogens is 560 g/mol. The monoisotopic (exact) mass is 575 g/mol. The van der Waals surface area contributed by atoms with E-state index in [1.165, 1.54) is 0 Å². The first kappa shape index (κ1) is 63.0. The molecule has 190 valence electrons. The highest BCUT2D eigenvalue weighted by atomic mass is 32.1. The maximum Gasteiger partial charge on any atom is 0.287 e. The Kier molecular flexibility index (Phi) is 118. The minimum absolute atomic E-state index is 0. The van der Waals surface area contributed by atoms with Gasteiger partial charge in [-0.05, 0) is 22.4 Å². The Balaban J connectivity index is -0.0000000200. The first-order valence-corrected chi connectivity index (χ1v) is 6.67. The summed E-state index contributed by atoms with van der Waals surface area (Å²) >= 11 is 11.1. The Labute approximate surface area is 188 Å². The molecule has 0 aliphatic carbocycles. The average Bonchev–Trinajstić information content (AvgIpc) is 2.56. The van der Waals surface area contributed by atoms with Gasteiger partial charge in [0.2, 0.25) is 0 Å². The Morgan fingerprint density at radius 3 is 0.400 bits per heavy atom. The fraction of sp³-hybridized carbons (Fsp3) is 0. The lowest BCUT2D eigenvalue weighted by Gasteiger charge is -1.73. The number of carbonyl (C=O) groups is 5. The molecule has 0 radical (unpaired) electrons. The Morgan fingerprint density at radius 1 is 0.367 bits per heavy atom. The quantitative estimate of drug-likeness (QED) is 0.140. The van der Waals surface area contributed by atoms with Crippen LogP contribution in [0.3, 0.4) is 0 Å². The van der Waals surface area contributed by atoms with Gasteiger partial charge in [0.25, 0.3) is 32.1 Å². The van der Waals surface area contributed by atoms with Gasteiger partial charge in [0.05, 0.1) is 0 Å². The summed E-state index contributed by atoms with van der Waals surface area (Å²) in [6, 6.07) is 0. The molecular formula is C5H15F10N5O5S5. The lowest BCUT2D eigenvalue weighted by Crippen LogP contribution is -3.00. The molecule has 30 heavy (non-hydrogen) atoms. The van der Waals surface area contributed by atoms with Crippen LogP contribution >= 0.6 is 0 Å². The van der Waals surface area contributed by atoms with Crippen molar-refractivity contribution in [1.82, 2.24) is 22.6 Å². The second-order valence-corrected chi connectivity index (χ2v) is 4.22. The van der Waals surface area contributed by atoms with Gasteiger partial charge in [-0.2, -0.15) is 0 Å². The molecule has 0 fully saturated rings. The van der Waals surface area contributed by atoms with Gasteiger partial charge >= 0.3 is 0 Å². The summed E-state index contributed by atoms with van der Waals surface area (Å²) in [4.78, 5) is 45.0. The standard InChI is InChI=1S/5CH2FNOS.5FH/c5*2-3(5)1-4;;;;;/h5*1,5H;5*1H. The summed E-state index contributed by atoms with van der Waals surface area (Å²) in [7, 11) is 0. The predicted molar refractivity (Wildman–Crippen MR) is 95.8 cm³/mol. The molecule has 0 aromatic rings. The van der Waals surface area contributed by atoms with E-state index in [0.29, 0.717) is 0 Å². The molecule has 0 saturated heterocycles. The van der Waals surface area contributed by atoms with Gasteiger partial charge < -0.3 is 23.5 Å². The van der Waals surface area contributed by atoms with Gasteiger partial charge in [0.15, 0.2) is 0 Å². The van der Waals surface area contributed by atoms with Crippen molar-refractivity contribution in [1.29, 1.82) is 0 Å². The second kappa shape index (κ2) is 56.4. The van der Waals surface area contributed by atoms with Gasteiger partial charge in [-0.15, -0.1) is 0 Å². The summed E-state index contributed by atoms with van der Waals surface area (Å²) in [5.41, 5.74) is 0. The molecule has 0 saturated carbocycles. The van der Waals surface area contributed by atoms with E-state index >= 15 is 0 Å². The number of carbonyl (C=O) groups excluding carboxylic acids is 5. The average molecular weight is 576 g/mol. The fourth-order valence-corrected chi connectivity index (χ4v) is 0. The molecule has 0 aliphatic rings. The molecule has 0 aromatic carbocycles. The van der Waals surface area contributed by atoms with Crippen LogP contribution in [0.5, 0.6) is 0 Å². The molecule has 0 N–H and O–H groups in total. The number of rotatable bonds is 5. The van der Waals surface area contributed by atoms with Crippen LogP contribution in [0, 0.1) is 0 Å². The van der Waals surface area contributed by atoms with Gasteiger partial charge in [0.1, 0.15) is 64.1 Å². The number of hydrogen-bond donors (Lipinski definition) is 0. The maximum absolute atomic E-state index is 10.8. The number of amides is 5. The SMILES string of the molecule is O=CN(F)[SH2+].O=CN(F)[SH2+].O=CN(F)[SH2+].O=CN(F)[SH2+].O=CN(F)[SH2+].[F-].[F-].[F-].[F-].[F-]. The smallest absolute Gasteiger partial charge is 0.287 e. The Bertz CT molecular complexity index is 272. The largest absolute Gasteiger partial charge is 1.00 e. The number of halogens is 10. The molecule has 0 heterocycles. The third-order valence-corrected chi connectivity index (χ3v) is 0.990.